The summed E-state index contributed by atoms with van der Waals surface area (Å²) in [5, 5.41) is 12.4. The van der Waals surface area contributed by atoms with Crippen LogP contribution in [0.25, 0.3) is 0 Å². The van der Waals surface area contributed by atoms with Crippen molar-refractivity contribution in [3.63, 3.8) is 0 Å². The molecule has 1 aromatic rings. The molecule has 0 fully saturated rings. The lowest BCUT2D eigenvalue weighted by atomic mass is 10.2. The molecule has 1 atom stereocenters. The number of rotatable bonds is 2. The summed E-state index contributed by atoms with van der Waals surface area (Å²) in [4.78, 5) is 0.283. The van der Waals surface area contributed by atoms with Crippen LogP contribution in [0.1, 0.15) is 6.42 Å². The molecule has 0 radical (unpaired) electrons. The molecule has 0 amide bonds. The van der Waals surface area contributed by atoms with Crippen molar-refractivity contribution in [1.82, 2.24) is 0 Å². The zero-order chi connectivity index (χ0) is 11.8. The number of hydrogen-bond donors (Lipinski definition) is 2. The number of aliphatic hydroxyl groups excluding tert-OH is 1. The van der Waals surface area contributed by atoms with Gasteiger partial charge in [-0.2, -0.15) is 0 Å². The zero-order valence-corrected chi connectivity index (χ0v) is 10.1. The molecule has 0 aliphatic carbocycles. The molecule has 2 rings (SSSR count). The van der Waals surface area contributed by atoms with E-state index in [1.54, 1.807) is 12.1 Å². The first-order valence-electron chi connectivity index (χ1n) is 4.92. The number of sulfone groups is 1. The quantitative estimate of drug-likeness (QED) is 0.842. The van der Waals surface area contributed by atoms with Crippen molar-refractivity contribution in [2.24, 2.45) is 0 Å². The second-order valence-electron chi connectivity index (χ2n) is 3.78. The van der Waals surface area contributed by atoms with Gasteiger partial charge in [0.2, 0.25) is 0 Å². The fourth-order valence-corrected chi connectivity index (χ4v) is 3.67. The Balaban J connectivity index is 2.44. The van der Waals surface area contributed by atoms with Crippen molar-refractivity contribution >= 4 is 27.1 Å². The van der Waals surface area contributed by atoms with Gasteiger partial charge in [-0.3, -0.25) is 0 Å². The van der Waals surface area contributed by atoms with E-state index >= 15 is 0 Å². The highest BCUT2D eigenvalue weighted by Crippen LogP contribution is 2.31. The van der Waals surface area contributed by atoms with Gasteiger partial charge in [-0.25, -0.2) is 8.42 Å². The van der Waals surface area contributed by atoms with Crippen molar-refractivity contribution in [2.45, 2.75) is 17.4 Å². The number of fused-ring (bicyclic) bond motifs is 1. The summed E-state index contributed by atoms with van der Waals surface area (Å²) in [7, 11) is -3.26. The van der Waals surface area contributed by atoms with Crippen LogP contribution < -0.4 is 5.32 Å². The summed E-state index contributed by atoms with van der Waals surface area (Å²) in [6.07, 6.45) is 0.408. The second-order valence-corrected chi connectivity index (χ2v) is 6.21. The maximum Gasteiger partial charge on any atom is 0.182 e. The second kappa shape index (κ2) is 4.24. The number of anilines is 1. The van der Waals surface area contributed by atoms with Gasteiger partial charge in [0.15, 0.2) is 9.84 Å². The Kier molecular flexibility index (Phi) is 3.10. The van der Waals surface area contributed by atoms with Crippen LogP contribution in [0.5, 0.6) is 0 Å². The van der Waals surface area contributed by atoms with E-state index < -0.39 is 9.84 Å². The Morgan fingerprint density at radius 2 is 2.25 bits per heavy atom. The summed E-state index contributed by atoms with van der Waals surface area (Å²) in [5.41, 5.74) is 0.525. The average molecular weight is 262 g/mol. The Morgan fingerprint density at radius 1 is 1.50 bits per heavy atom. The number of halogens is 1. The molecule has 0 saturated heterocycles. The Hall–Kier alpha value is -0.780. The number of nitrogens with one attached hydrogen (secondary N) is 1. The van der Waals surface area contributed by atoms with Gasteiger partial charge in [0.25, 0.3) is 0 Å². The first-order chi connectivity index (χ1) is 7.53. The van der Waals surface area contributed by atoms with Crippen molar-refractivity contribution in [1.29, 1.82) is 0 Å². The highest BCUT2D eigenvalue weighted by molar-refractivity contribution is 7.91. The van der Waals surface area contributed by atoms with Gasteiger partial charge < -0.3 is 10.4 Å². The molecule has 6 heteroatoms. The average Bonchev–Trinajstić information content (AvgIpc) is 2.15. The largest absolute Gasteiger partial charge is 0.396 e. The molecule has 0 bridgehead atoms. The Morgan fingerprint density at radius 3 is 2.94 bits per heavy atom. The summed E-state index contributed by atoms with van der Waals surface area (Å²) in [5.74, 6) is 0.0161. The number of hydrogen-bond acceptors (Lipinski definition) is 4. The van der Waals surface area contributed by atoms with E-state index in [0.29, 0.717) is 17.1 Å². The van der Waals surface area contributed by atoms with Gasteiger partial charge in [0, 0.05) is 17.7 Å². The van der Waals surface area contributed by atoms with Gasteiger partial charge in [0.1, 0.15) is 0 Å². The third kappa shape index (κ3) is 2.16. The van der Waals surface area contributed by atoms with E-state index in [2.05, 4.69) is 5.32 Å². The molecule has 2 N–H and O–H groups in total. The molecular formula is C10H12ClNO3S. The molecule has 1 heterocycles. The standard InChI is InChI=1S/C10H12ClNO3S/c11-7-1-2-10-9(5-7)12-8(3-4-13)6-16(10,14)15/h1-2,5,8,12-13H,3-4,6H2. The molecule has 88 valence electrons. The fraction of sp³-hybridized carbons (Fsp3) is 0.400. The third-order valence-electron chi connectivity index (χ3n) is 2.53. The molecular weight excluding hydrogens is 250 g/mol. The minimum Gasteiger partial charge on any atom is -0.396 e. The fourth-order valence-electron chi connectivity index (χ4n) is 1.81. The van der Waals surface area contributed by atoms with Crippen LogP contribution in [0.3, 0.4) is 0 Å². The van der Waals surface area contributed by atoms with E-state index in [-0.39, 0.29) is 23.3 Å². The summed E-state index contributed by atoms with van der Waals surface area (Å²) >= 11 is 5.81. The summed E-state index contributed by atoms with van der Waals surface area (Å²) in [6.45, 7) is -0.0386. The molecule has 0 aromatic heterocycles. The molecule has 16 heavy (non-hydrogen) atoms. The van der Waals surface area contributed by atoms with Crippen molar-refractivity contribution in [2.75, 3.05) is 17.7 Å². The van der Waals surface area contributed by atoms with E-state index in [1.807, 2.05) is 0 Å². The van der Waals surface area contributed by atoms with Gasteiger partial charge in [-0.1, -0.05) is 11.6 Å². The first kappa shape index (κ1) is 11.7. The van der Waals surface area contributed by atoms with Crippen LogP contribution in [-0.2, 0) is 9.84 Å². The van der Waals surface area contributed by atoms with Gasteiger partial charge in [-0.05, 0) is 24.6 Å². The molecule has 0 spiro atoms. The van der Waals surface area contributed by atoms with Crippen LogP contribution in [0.4, 0.5) is 5.69 Å². The maximum absolute atomic E-state index is 11.9. The normalized spacial score (nSPS) is 22.2. The van der Waals surface area contributed by atoms with E-state index in [4.69, 9.17) is 16.7 Å². The smallest absolute Gasteiger partial charge is 0.182 e. The monoisotopic (exact) mass is 261 g/mol. The lowest BCUT2D eigenvalue weighted by Gasteiger charge is -2.26. The summed E-state index contributed by atoms with van der Waals surface area (Å²) < 4.78 is 23.8. The molecule has 1 aromatic carbocycles. The lowest BCUT2D eigenvalue weighted by Crippen LogP contribution is -2.34. The highest BCUT2D eigenvalue weighted by Gasteiger charge is 2.29. The van der Waals surface area contributed by atoms with E-state index in [0.717, 1.165) is 0 Å². The van der Waals surface area contributed by atoms with Crippen LogP contribution in [0.15, 0.2) is 23.1 Å². The highest BCUT2D eigenvalue weighted by atomic mass is 35.5. The topological polar surface area (TPSA) is 66.4 Å². The maximum atomic E-state index is 11.9. The number of benzene rings is 1. The SMILES string of the molecule is O=S1(=O)CC(CCO)Nc2cc(Cl)ccc21. The van der Waals surface area contributed by atoms with E-state index in [9.17, 15) is 8.42 Å². The third-order valence-corrected chi connectivity index (χ3v) is 4.64. The molecule has 0 saturated carbocycles. The Labute approximate surface area is 99.2 Å². The molecule has 1 aliphatic heterocycles. The van der Waals surface area contributed by atoms with Crippen molar-refractivity contribution in [3.05, 3.63) is 23.2 Å². The molecule has 4 nitrogen and oxygen atoms in total. The van der Waals surface area contributed by atoms with Gasteiger partial charge >= 0.3 is 0 Å². The minimum absolute atomic E-state index is 0.0161. The van der Waals surface area contributed by atoms with Crippen LogP contribution in [0.2, 0.25) is 5.02 Å². The van der Waals surface area contributed by atoms with Crippen LogP contribution in [-0.4, -0.2) is 31.9 Å². The molecule has 1 aliphatic rings. The van der Waals surface area contributed by atoms with Gasteiger partial charge in [-0.15, -0.1) is 0 Å². The van der Waals surface area contributed by atoms with Gasteiger partial charge in [0.05, 0.1) is 16.3 Å². The lowest BCUT2D eigenvalue weighted by molar-refractivity contribution is 0.282. The van der Waals surface area contributed by atoms with Crippen molar-refractivity contribution in [3.8, 4) is 0 Å². The van der Waals surface area contributed by atoms with Crippen LogP contribution >= 0.6 is 11.6 Å². The van der Waals surface area contributed by atoms with Crippen LogP contribution in [0, 0.1) is 0 Å². The first-order valence-corrected chi connectivity index (χ1v) is 6.95. The summed E-state index contributed by atoms with van der Waals surface area (Å²) in [6, 6.07) is 4.42. The Bertz CT molecular complexity index is 501. The zero-order valence-electron chi connectivity index (χ0n) is 8.48. The molecule has 1 unspecified atom stereocenters. The van der Waals surface area contributed by atoms with E-state index in [1.165, 1.54) is 6.07 Å². The van der Waals surface area contributed by atoms with Crippen molar-refractivity contribution < 1.29 is 13.5 Å². The predicted molar refractivity (Wildman–Crippen MR) is 62.6 cm³/mol. The number of aliphatic hydroxyl groups is 1. The minimum atomic E-state index is -3.26. The predicted octanol–water partition coefficient (Wildman–Crippen LogP) is 1.29.